The second-order valence-corrected chi connectivity index (χ2v) is 7.03. The zero-order valence-corrected chi connectivity index (χ0v) is 16.2. The third-order valence-electron chi connectivity index (χ3n) is 4.81. The van der Waals surface area contributed by atoms with E-state index in [2.05, 4.69) is 5.32 Å². The van der Waals surface area contributed by atoms with Gasteiger partial charge in [-0.1, -0.05) is 44.2 Å². The van der Waals surface area contributed by atoms with Crippen molar-refractivity contribution in [2.45, 2.75) is 51.3 Å². The van der Waals surface area contributed by atoms with E-state index < -0.39 is 12.1 Å². The number of nitrogens with zero attached hydrogens (tertiary/aromatic N) is 1. The maximum Gasteiger partial charge on any atom is 0.242 e. The van der Waals surface area contributed by atoms with E-state index in [9.17, 15) is 14.7 Å². The van der Waals surface area contributed by atoms with Crippen LogP contribution in [-0.4, -0.2) is 47.0 Å². The lowest BCUT2D eigenvalue weighted by atomic mass is 10.0. The molecule has 26 heavy (non-hydrogen) atoms. The molecule has 1 aliphatic heterocycles. The Balaban J connectivity index is 0.00000338. The fourth-order valence-corrected chi connectivity index (χ4v) is 3.16. The van der Waals surface area contributed by atoms with E-state index in [1.54, 1.807) is 4.90 Å². The highest BCUT2D eigenvalue weighted by molar-refractivity contribution is 5.87. The zero-order valence-electron chi connectivity index (χ0n) is 15.4. The number of nitrogens with one attached hydrogen (secondary N) is 1. The third kappa shape index (κ3) is 5.97. The van der Waals surface area contributed by atoms with Gasteiger partial charge in [0.2, 0.25) is 11.8 Å². The van der Waals surface area contributed by atoms with E-state index in [0.717, 1.165) is 18.4 Å². The molecular formula is C19H30ClN3O3. The van der Waals surface area contributed by atoms with Gasteiger partial charge in [-0.15, -0.1) is 12.4 Å². The van der Waals surface area contributed by atoms with Crippen molar-refractivity contribution in [1.29, 1.82) is 0 Å². The first-order chi connectivity index (χ1) is 11.9. The number of likely N-dealkylation sites (tertiary alicyclic amines) is 1. The summed E-state index contributed by atoms with van der Waals surface area (Å²) in [5.41, 5.74) is 6.65. The molecule has 0 aromatic heterocycles. The summed E-state index contributed by atoms with van der Waals surface area (Å²) in [7, 11) is 0. The van der Waals surface area contributed by atoms with E-state index in [4.69, 9.17) is 5.73 Å². The third-order valence-corrected chi connectivity index (χ3v) is 4.81. The Morgan fingerprint density at radius 1 is 1.31 bits per heavy atom. The first kappa shape index (κ1) is 22.4. The Labute approximate surface area is 161 Å². The van der Waals surface area contributed by atoms with Crippen LogP contribution in [0.1, 0.15) is 44.8 Å². The lowest BCUT2D eigenvalue weighted by Crippen LogP contribution is -2.48. The molecular weight excluding hydrogens is 354 g/mol. The molecule has 0 radical (unpaired) electrons. The fourth-order valence-electron chi connectivity index (χ4n) is 3.16. The summed E-state index contributed by atoms with van der Waals surface area (Å²) in [4.78, 5) is 26.1. The van der Waals surface area contributed by atoms with Crippen molar-refractivity contribution in [3.8, 4) is 0 Å². The van der Waals surface area contributed by atoms with Gasteiger partial charge in [0.05, 0.1) is 18.7 Å². The van der Waals surface area contributed by atoms with Crippen LogP contribution >= 0.6 is 12.4 Å². The summed E-state index contributed by atoms with van der Waals surface area (Å²) in [5, 5.41) is 13.0. The molecule has 1 heterocycles. The van der Waals surface area contributed by atoms with E-state index in [-0.39, 0.29) is 42.7 Å². The van der Waals surface area contributed by atoms with Crippen LogP contribution in [0.2, 0.25) is 0 Å². The molecule has 0 bridgehead atoms. The van der Waals surface area contributed by atoms with Gasteiger partial charge in [-0.05, 0) is 30.7 Å². The summed E-state index contributed by atoms with van der Waals surface area (Å²) in [6.45, 7) is 4.36. The SMILES string of the molecule is CC(C)[C@H](N)C(=O)NCC(=O)N1CCCC1CC(O)c1ccccc1.Cl. The Morgan fingerprint density at radius 2 is 1.96 bits per heavy atom. The van der Waals surface area contributed by atoms with Gasteiger partial charge in [-0.2, -0.15) is 0 Å². The van der Waals surface area contributed by atoms with Crippen LogP contribution in [0, 0.1) is 5.92 Å². The summed E-state index contributed by atoms with van der Waals surface area (Å²) in [5.74, 6) is -0.397. The molecule has 3 atom stereocenters. The van der Waals surface area contributed by atoms with Crippen LogP contribution in [-0.2, 0) is 9.59 Å². The number of aliphatic hydroxyl groups excluding tert-OH is 1. The van der Waals surface area contributed by atoms with E-state index in [0.29, 0.717) is 13.0 Å². The molecule has 4 N–H and O–H groups in total. The lowest BCUT2D eigenvalue weighted by molar-refractivity contribution is -0.134. The molecule has 2 amide bonds. The zero-order chi connectivity index (χ0) is 18.4. The number of rotatable bonds is 7. The molecule has 0 spiro atoms. The van der Waals surface area contributed by atoms with Crippen molar-refractivity contribution >= 4 is 24.2 Å². The van der Waals surface area contributed by atoms with Gasteiger partial charge in [0, 0.05) is 12.6 Å². The second-order valence-electron chi connectivity index (χ2n) is 7.03. The fraction of sp³-hybridized carbons (Fsp3) is 0.579. The average Bonchev–Trinajstić information content (AvgIpc) is 3.07. The van der Waals surface area contributed by atoms with Crippen LogP contribution in [0.25, 0.3) is 0 Å². The Morgan fingerprint density at radius 3 is 2.58 bits per heavy atom. The highest BCUT2D eigenvalue weighted by Crippen LogP contribution is 2.27. The van der Waals surface area contributed by atoms with Gasteiger partial charge in [0.25, 0.3) is 0 Å². The molecule has 0 saturated carbocycles. The van der Waals surface area contributed by atoms with Crippen LogP contribution in [0.5, 0.6) is 0 Å². The van der Waals surface area contributed by atoms with Gasteiger partial charge in [0.1, 0.15) is 0 Å². The Kier molecular flexibility index (Phi) is 9.05. The van der Waals surface area contributed by atoms with Crippen LogP contribution < -0.4 is 11.1 Å². The topological polar surface area (TPSA) is 95.7 Å². The predicted molar refractivity (Wildman–Crippen MR) is 104 cm³/mol. The molecule has 146 valence electrons. The van der Waals surface area contributed by atoms with Crippen molar-refractivity contribution in [3.63, 3.8) is 0 Å². The Bertz CT molecular complexity index is 583. The maximum atomic E-state index is 12.5. The molecule has 2 rings (SSSR count). The van der Waals surface area contributed by atoms with Gasteiger partial charge < -0.3 is 21.1 Å². The van der Waals surface area contributed by atoms with Crippen molar-refractivity contribution in [2.24, 2.45) is 11.7 Å². The van der Waals surface area contributed by atoms with Crippen molar-refractivity contribution in [1.82, 2.24) is 10.2 Å². The normalized spacial score (nSPS) is 19.0. The summed E-state index contributed by atoms with van der Waals surface area (Å²) < 4.78 is 0. The van der Waals surface area contributed by atoms with Gasteiger partial charge in [-0.25, -0.2) is 0 Å². The van der Waals surface area contributed by atoms with E-state index >= 15 is 0 Å². The molecule has 1 fully saturated rings. The Hall–Kier alpha value is -1.63. The molecule has 1 aliphatic rings. The smallest absolute Gasteiger partial charge is 0.242 e. The summed E-state index contributed by atoms with van der Waals surface area (Å²) >= 11 is 0. The van der Waals surface area contributed by atoms with E-state index in [1.807, 2.05) is 44.2 Å². The number of benzene rings is 1. The monoisotopic (exact) mass is 383 g/mol. The molecule has 7 heteroatoms. The molecule has 0 aliphatic carbocycles. The number of aliphatic hydroxyl groups is 1. The standard InChI is InChI=1S/C19H29N3O3.ClH/c1-13(2)18(20)19(25)21-12-17(24)22-10-6-9-15(22)11-16(23)14-7-4-3-5-8-14;/h3-5,7-8,13,15-16,18,23H,6,9-12,20H2,1-2H3,(H,21,25);1H/t15?,16?,18-;/m0./s1. The number of hydrogen-bond acceptors (Lipinski definition) is 4. The highest BCUT2D eigenvalue weighted by Gasteiger charge is 2.31. The molecule has 1 saturated heterocycles. The minimum absolute atomic E-state index is 0. The first-order valence-corrected chi connectivity index (χ1v) is 8.96. The molecule has 6 nitrogen and oxygen atoms in total. The largest absolute Gasteiger partial charge is 0.388 e. The second kappa shape index (κ2) is 10.5. The van der Waals surface area contributed by atoms with E-state index in [1.165, 1.54) is 0 Å². The average molecular weight is 384 g/mol. The molecule has 1 aromatic rings. The maximum absolute atomic E-state index is 12.5. The number of amides is 2. The van der Waals surface area contributed by atoms with Crippen LogP contribution in [0.4, 0.5) is 0 Å². The van der Waals surface area contributed by atoms with Crippen molar-refractivity contribution < 1.29 is 14.7 Å². The highest BCUT2D eigenvalue weighted by atomic mass is 35.5. The van der Waals surface area contributed by atoms with Gasteiger partial charge >= 0.3 is 0 Å². The minimum Gasteiger partial charge on any atom is -0.388 e. The summed E-state index contributed by atoms with van der Waals surface area (Å²) in [6.07, 6.45) is 1.70. The number of carbonyl (C=O) groups excluding carboxylic acids is 2. The lowest BCUT2D eigenvalue weighted by Gasteiger charge is -2.27. The minimum atomic E-state index is -0.609. The van der Waals surface area contributed by atoms with Crippen molar-refractivity contribution in [3.05, 3.63) is 35.9 Å². The molecule has 2 unspecified atom stereocenters. The quantitative estimate of drug-likeness (QED) is 0.666. The number of hydrogen-bond donors (Lipinski definition) is 3. The molecule has 1 aromatic carbocycles. The predicted octanol–water partition coefficient (Wildman–Crippen LogP) is 1.62. The van der Waals surface area contributed by atoms with Crippen LogP contribution in [0.15, 0.2) is 30.3 Å². The van der Waals surface area contributed by atoms with Gasteiger partial charge in [0.15, 0.2) is 0 Å². The first-order valence-electron chi connectivity index (χ1n) is 8.96. The number of carbonyl (C=O) groups is 2. The summed E-state index contributed by atoms with van der Waals surface area (Å²) in [6, 6.07) is 8.86. The number of nitrogens with two attached hydrogens (primary N) is 1. The van der Waals surface area contributed by atoms with Gasteiger partial charge in [-0.3, -0.25) is 9.59 Å². The van der Waals surface area contributed by atoms with Crippen LogP contribution in [0.3, 0.4) is 0 Å². The van der Waals surface area contributed by atoms with Crippen molar-refractivity contribution in [2.75, 3.05) is 13.1 Å². The number of halogens is 1.